The lowest BCUT2D eigenvalue weighted by Gasteiger charge is -2.35. The van der Waals surface area contributed by atoms with Crippen molar-refractivity contribution in [2.75, 3.05) is 20.3 Å². The van der Waals surface area contributed by atoms with Crippen molar-refractivity contribution in [2.24, 2.45) is 0 Å². The van der Waals surface area contributed by atoms with Crippen LogP contribution in [0, 0.1) is 0 Å². The van der Waals surface area contributed by atoms with E-state index in [4.69, 9.17) is 36.6 Å². The summed E-state index contributed by atoms with van der Waals surface area (Å²) < 4.78 is 46.2. The third-order valence-corrected chi connectivity index (χ3v) is 7.48. The molecule has 2 unspecified atom stereocenters. The maximum absolute atomic E-state index is 12.1. The van der Waals surface area contributed by atoms with Gasteiger partial charge in [-0.05, 0) is 50.6 Å². The van der Waals surface area contributed by atoms with E-state index < -0.39 is 29.1 Å². The highest BCUT2D eigenvalue weighted by Crippen LogP contribution is 2.43. The van der Waals surface area contributed by atoms with Gasteiger partial charge in [0.25, 0.3) is 0 Å². The van der Waals surface area contributed by atoms with Gasteiger partial charge in [0.2, 0.25) is 5.75 Å². The Bertz CT molecular complexity index is 2130. The number of methoxy groups -OCH3 is 1. The summed E-state index contributed by atoms with van der Waals surface area (Å²) in [5.41, 5.74) is -0.320. The SMILES string of the molecule is C=C(C)C(COc1c2ccoc2cc2oc(=O)ccc12)OC(C)(C)C(O)COc1c2occc2c(OC)c2ccc(=O)oc12. The standard InChI is InChI=1S/C33H30O11/c1-17(2)24(15-40-29-18-6-8-26(35)42-23(18)14-22-19(29)10-12-38-22)44-33(3,4)25(34)16-41-32-30-21(11-13-39-30)28(37-5)20-7-9-27(36)43-31(20)32/h6-14,24-25,34H,1,15-16H2,2-5H3. The van der Waals surface area contributed by atoms with Gasteiger partial charge in [0.05, 0.1) is 46.8 Å². The van der Waals surface area contributed by atoms with Gasteiger partial charge in [-0.1, -0.05) is 6.58 Å². The highest BCUT2D eigenvalue weighted by atomic mass is 16.6. The molecule has 44 heavy (non-hydrogen) atoms. The lowest BCUT2D eigenvalue weighted by atomic mass is 10.0. The molecule has 1 N–H and O–H groups in total. The molecule has 0 saturated heterocycles. The van der Waals surface area contributed by atoms with Crippen LogP contribution in [0.15, 0.2) is 94.4 Å². The summed E-state index contributed by atoms with van der Waals surface area (Å²) in [7, 11) is 1.51. The minimum absolute atomic E-state index is 0.0339. The minimum Gasteiger partial charge on any atom is -0.495 e. The average molecular weight is 603 g/mol. The number of fused-ring (bicyclic) bond motifs is 4. The zero-order valence-corrected chi connectivity index (χ0v) is 24.5. The molecule has 11 nitrogen and oxygen atoms in total. The van der Waals surface area contributed by atoms with Gasteiger partial charge in [-0.15, -0.1) is 0 Å². The van der Waals surface area contributed by atoms with E-state index in [-0.39, 0.29) is 24.5 Å². The fraction of sp³-hybridized carbons (Fsp3) is 0.273. The zero-order chi connectivity index (χ0) is 31.2. The van der Waals surface area contributed by atoms with E-state index in [0.717, 1.165) is 0 Å². The molecule has 0 amide bonds. The molecule has 6 rings (SSSR count). The van der Waals surface area contributed by atoms with Crippen LogP contribution in [0.3, 0.4) is 0 Å². The molecule has 6 aromatic rings. The van der Waals surface area contributed by atoms with Crippen molar-refractivity contribution in [1.29, 1.82) is 0 Å². The first-order valence-electron chi connectivity index (χ1n) is 13.8. The Hall–Kier alpha value is -5.00. The Balaban J connectivity index is 1.23. The van der Waals surface area contributed by atoms with Crippen LogP contribution in [0.1, 0.15) is 20.8 Å². The first kappa shape index (κ1) is 29.1. The Kier molecular flexibility index (Phi) is 7.44. The molecule has 2 atom stereocenters. The van der Waals surface area contributed by atoms with Gasteiger partial charge in [0.15, 0.2) is 11.2 Å². The third-order valence-electron chi connectivity index (χ3n) is 7.48. The van der Waals surface area contributed by atoms with Crippen molar-refractivity contribution in [1.82, 2.24) is 0 Å². The van der Waals surface area contributed by atoms with E-state index in [1.807, 2.05) is 0 Å². The van der Waals surface area contributed by atoms with E-state index >= 15 is 0 Å². The number of hydrogen-bond donors (Lipinski definition) is 1. The number of aliphatic hydroxyl groups excluding tert-OH is 1. The van der Waals surface area contributed by atoms with Crippen LogP contribution in [0.2, 0.25) is 0 Å². The average Bonchev–Trinajstić information content (AvgIpc) is 3.66. The van der Waals surface area contributed by atoms with Crippen LogP contribution in [0.5, 0.6) is 17.2 Å². The van der Waals surface area contributed by atoms with Gasteiger partial charge in [-0.2, -0.15) is 0 Å². The molecular formula is C33H30O11. The summed E-state index contributed by atoms with van der Waals surface area (Å²) in [6.45, 7) is 9.08. The summed E-state index contributed by atoms with van der Waals surface area (Å²) in [6, 6.07) is 10.9. The fourth-order valence-electron chi connectivity index (χ4n) is 5.04. The van der Waals surface area contributed by atoms with Crippen molar-refractivity contribution in [3.8, 4) is 17.2 Å². The lowest BCUT2D eigenvalue weighted by Crippen LogP contribution is -2.46. The number of aliphatic hydroxyl groups is 1. The number of benzene rings is 2. The molecule has 0 radical (unpaired) electrons. The van der Waals surface area contributed by atoms with E-state index in [2.05, 4.69) is 6.58 Å². The second-order valence-corrected chi connectivity index (χ2v) is 10.9. The maximum atomic E-state index is 12.1. The molecule has 11 heteroatoms. The largest absolute Gasteiger partial charge is 0.495 e. The van der Waals surface area contributed by atoms with Crippen molar-refractivity contribution < 1.29 is 41.7 Å². The quantitative estimate of drug-likeness (QED) is 0.139. The van der Waals surface area contributed by atoms with Gasteiger partial charge in [0, 0.05) is 18.2 Å². The molecule has 0 fully saturated rings. The summed E-state index contributed by atoms with van der Waals surface area (Å²) >= 11 is 0. The van der Waals surface area contributed by atoms with E-state index in [1.54, 1.807) is 51.1 Å². The Morgan fingerprint density at radius 2 is 1.45 bits per heavy atom. The molecule has 0 aliphatic carbocycles. The van der Waals surface area contributed by atoms with Crippen LogP contribution < -0.4 is 25.5 Å². The molecule has 0 aliphatic rings. The number of ether oxygens (including phenoxy) is 4. The summed E-state index contributed by atoms with van der Waals surface area (Å²) in [6.07, 6.45) is 1.19. The van der Waals surface area contributed by atoms with Gasteiger partial charge < -0.3 is 41.7 Å². The monoisotopic (exact) mass is 602 g/mol. The normalized spacial score (nSPS) is 13.5. The van der Waals surface area contributed by atoms with Crippen molar-refractivity contribution in [3.63, 3.8) is 0 Å². The van der Waals surface area contributed by atoms with Crippen LogP contribution in [0.4, 0.5) is 0 Å². The summed E-state index contributed by atoms with van der Waals surface area (Å²) in [5, 5.41) is 13.7. The van der Waals surface area contributed by atoms with Crippen LogP contribution >= 0.6 is 0 Å². The molecule has 0 bridgehead atoms. The lowest BCUT2D eigenvalue weighted by molar-refractivity contribution is -0.140. The van der Waals surface area contributed by atoms with Crippen LogP contribution in [-0.4, -0.2) is 43.2 Å². The molecule has 0 aliphatic heterocycles. The second kappa shape index (κ2) is 11.3. The maximum Gasteiger partial charge on any atom is 0.336 e. The smallest absolute Gasteiger partial charge is 0.336 e. The topological polar surface area (TPSA) is 144 Å². The van der Waals surface area contributed by atoms with Gasteiger partial charge in [-0.3, -0.25) is 0 Å². The predicted octanol–water partition coefficient (Wildman–Crippen LogP) is 5.96. The van der Waals surface area contributed by atoms with E-state index in [9.17, 15) is 14.7 Å². The number of furan rings is 2. The Morgan fingerprint density at radius 1 is 0.818 bits per heavy atom. The molecular weight excluding hydrogens is 572 g/mol. The third kappa shape index (κ3) is 5.20. The highest BCUT2D eigenvalue weighted by molar-refractivity contribution is 6.06. The van der Waals surface area contributed by atoms with Gasteiger partial charge in [0.1, 0.15) is 48.1 Å². The highest BCUT2D eigenvalue weighted by Gasteiger charge is 2.34. The fourth-order valence-corrected chi connectivity index (χ4v) is 5.04. The molecule has 0 spiro atoms. The van der Waals surface area contributed by atoms with E-state index in [0.29, 0.717) is 55.4 Å². The Labute approximate surface area is 249 Å². The predicted molar refractivity (Wildman–Crippen MR) is 162 cm³/mol. The molecule has 2 aromatic carbocycles. The van der Waals surface area contributed by atoms with Crippen molar-refractivity contribution >= 4 is 43.9 Å². The molecule has 0 saturated carbocycles. The molecule has 228 valence electrons. The van der Waals surface area contributed by atoms with Crippen LogP contribution in [0.25, 0.3) is 43.9 Å². The van der Waals surface area contributed by atoms with Crippen LogP contribution in [-0.2, 0) is 4.74 Å². The zero-order valence-electron chi connectivity index (χ0n) is 24.5. The van der Waals surface area contributed by atoms with Gasteiger partial charge >= 0.3 is 11.3 Å². The number of hydrogen-bond acceptors (Lipinski definition) is 11. The Morgan fingerprint density at radius 3 is 2.20 bits per heavy atom. The minimum atomic E-state index is -1.16. The molecule has 4 aromatic heterocycles. The van der Waals surface area contributed by atoms with E-state index in [1.165, 1.54) is 31.8 Å². The van der Waals surface area contributed by atoms with Crippen molar-refractivity contribution in [2.45, 2.75) is 38.6 Å². The summed E-state index contributed by atoms with van der Waals surface area (Å²) in [5.74, 6) is 1.08. The molecule has 4 heterocycles. The summed E-state index contributed by atoms with van der Waals surface area (Å²) in [4.78, 5) is 23.9. The van der Waals surface area contributed by atoms with Crippen molar-refractivity contribution in [3.05, 3.63) is 88.0 Å². The first-order valence-corrected chi connectivity index (χ1v) is 13.8. The number of rotatable bonds is 11. The first-order chi connectivity index (χ1) is 21.1. The van der Waals surface area contributed by atoms with Gasteiger partial charge in [-0.25, -0.2) is 9.59 Å². The second-order valence-electron chi connectivity index (χ2n) is 10.9.